The van der Waals surface area contributed by atoms with Gasteiger partial charge >= 0.3 is 0 Å². The first-order valence-corrected chi connectivity index (χ1v) is 12.6. The number of pyridine rings is 1. The van der Waals surface area contributed by atoms with Crippen molar-refractivity contribution in [3.05, 3.63) is 130 Å². The molecule has 35 heavy (non-hydrogen) atoms. The molecule has 0 saturated carbocycles. The molecule has 0 atom stereocenters. The minimum Gasteiger partial charge on any atom is -0.309 e. The van der Waals surface area contributed by atoms with Crippen LogP contribution in [0.4, 0.5) is 17.1 Å². The highest BCUT2D eigenvalue weighted by Crippen LogP contribution is 2.57. The summed E-state index contributed by atoms with van der Waals surface area (Å²) in [5.74, 6) is 0. The second kappa shape index (κ2) is 6.28. The van der Waals surface area contributed by atoms with Crippen LogP contribution in [0.3, 0.4) is 0 Å². The van der Waals surface area contributed by atoms with E-state index in [1.807, 2.05) is 6.20 Å². The van der Waals surface area contributed by atoms with Crippen LogP contribution in [0.1, 0.15) is 44.5 Å². The van der Waals surface area contributed by atoms with Crippen molar-refractivity contribution in [2.45, 2.75) is 25.7 Å². The lowest BCUT2D eigenvalue weighted by molar-refractivity contribution is 0.977. The van der Waals surface area contributed by atoms with Crippen molar-refractivity contribution in [2.24, 2.45) is 0 Å². The van der Waals surface area contributed by atoms with Gasteiger partial charge in [0.05, 0.1) is 17.1 Å². The molecule has 4 aliphatic rings. The topological polar surface area (TPSA) is 16.1 Å². The molecule has 2 aliphatic carbocycles. The third-order valence-electron chi connectivity index (χ3n) is 8.63. The monoisotopic (exact) mass is 446 g/mol. The summed E-state index contributed by atoms with van der Waals surface area (Å²) >= 11 is 0. The van der Waals surface area contributed by atoms with Crippen LogP contribution < -0.4 is 4.90 Å². The predicted molar refractivity (Wildman–Crippen MR) is 141 cm³/mol. The summed E-state index contributed by atoms with van der Waals surface area (Å²) in [6.07, 6.45) is 8.03. The van der Waals surface area contributed by atoms with Crippen LogP contribution in [0.25, 0.3) is 22.3 Å². The third-order valence-corrected chi connectivity index (χ3v) is 8.63. The van der Waals surface area contributed by atoms with Crippen LogP contribution in [0.15, 0.2) is 85.2 Å². The van der Waals surface area contributed by atoms with E-state index in [-0.39, 0.29) is 0 Å². The summed E-state index contributed by atoms with van der Waals surface area (Å²) in [6, 6.07) is 27.4. The van der Waals surface area contributed by atoms with Crippen LogP contribution in [0.5, 0.6) is 0 Å². The van der Waals surface area contributed by atoms with E-state index < -0.39 is 0 Å². The standard InChI is InChI=1S/C33H22N2/c1-3-7-24-20(6-1)15-29-26(24)10-9-21-16-30-28-14-19-5-2-4-8-25(19)27(28)17-22-13-23-18-34-12-11-31(23)35(32(21)29)33(22)30/h1-12,17-18H,13-16H2. The number of hydrogen-bond donors (Lipinski definition) is 0. The molecular formula is C33H22N2. The van der Waals surface area contributed by atoms with Gasteiger partial charge in [0.2, 0.25) is 0 Å². The van der Waals surface area contributed by atoms with Crippen LogP contribution in [0, 0.1) is 0 Å². The average molecular weight is 447 g/mol. The molecule has 2 nitrogen and oxygen atoms in total. The van der Waals surface area contributed by atoms with Crippen molar-refractivity contribution in [2.75, 3.05) is 4.90 Å². The van der Waals surface area contributed by atoms with Gasteiger partial charge in [0.1, 0.15) is 0 Å². The molecule has 0 unspecified atom stereocenters. The Morgan fingerprint density at radius 2 is 1.23 bits per heavy atom. The second-order valence-electron chi connectivity index (χ2n) is 10.3. The van der Waals surface area contributed by atoms with E-state index in [1.54, 1.807) is 0 Å². The van der Waals surface area contributed by atoms with Crippen LogP contribution >= 0.6 is 0 Å². The summed E-state index contributed by atoms with van der Waals surface area (Å²) in [5, 5.41) is 0. The van der Waals surface area contributed by atoms with Crippen LogP contribution in [-0.2, 0) is 25.7 Å². The molecule has 0 N–H and O–H groups in total. The van der Waals surface area contributed by atoms with Crippen LogP contribution in [-0.4, -0.2) is 4.98 Å². The maximum Gasteiger partial charge on any atom is 0.0538 e. The molecule has 5 aromatic rings. The number of rotatable bonds is 0. The van der Waals surface area contributed by atoms with E-state index in [2.05, 4.69) is 88.9 Å². The molecule has 9 rings (SSSR count). The molecule has 2 heteroatoms. The Morgan fingerprint density at radius 3 is 2.09 bits per heavy atom. The molecule has 164 valence electrons. The van der Waals surface area contributed by atoms with Crippen molar-refractivity contribution >= 4 is 17.1 Å². The Hall–Kier alpha value is -4.17. The largest absolute Gasteiger partial charge is 0.309 e. The molecule has 1 aromatic heterocycles. The Balaban J connectivity index is 1.36. The van der Waals surface area contributed by atoms with Gasteiger partial charge in [0.15, 0.2) is 0 Å². The zero-order valence-corrected chi connectivity index (χ0v) is 19.3. The van der Waals surface area contributed by atoms with Crippen molar-refractivity contribution in [3.8, 4) is 22.3 Å². The molecule has 0 amide bonds. The van der Waals surface area contributed by atoms with Crippen molar-refractivity contribution in [3.63, 3.8) is 0 Å². The van der Waals surface area contributed by atoms with Crippen LogP contribution in [0.2, 0.25) is 0 Å². The smallest absolute Gasteiger partial charge is 0.0538 e. The van der Waals surface area contributed by atoms with Gasteiger partial charge in [0, 0.05) is 31.7 Å². The van der Waals surface area contributed by atoms with Gasteiger partial charge in [-0.3, -0.25) is 4.98 Å². The van der Waals surface area contributed by atoms with E-state index in [0.29, 0.717) is 0 Å². The lowest BCUT2D eigenvalue weighted by Crippen LogP contribution is -2.27. The zero-order valence-electron chi connectivity index (χ0n) is 19.3. The molecule has 0 saturated heterocycles. The SMILES string of the molecule is c1ccc2c(c1)Cc1c-2cc2c3c1Cc1ccc4c(c1N3c1ccncc1C2)Cc1ccccc1-4. The first kappa shape index (κ1) is 18.2. The van der Waals surface area contributed by atoms with Crippen molar-refractivity contribution < 1.29 is 0 Å². The number of aromatic nitrogens is 1. The normalized spacial score (nSPS) is 14.9. The van der Waals surface area contributed by atoms with Crippen molar-refractivity contribution in [1.29, 1.82) is 0 Å². The number of benzene rings is 4. The Morgan fingerprint density at radius 1 is 0.514 bits per heavy atom. The van der Waals surface area contributed by atoms with Gasteiger partial charge in [-0.05, 0) is 85.3 Å². The van der Waals surface area contributed by atoms with Gasteiger partial charge in [-0.15, -0.1) is 0 Å². The van der Waals surface area contributed by atoms with E-state index in [9.17, 15) is 0 Å². The van der Waals surface area contributed by atoms with E-state index >= 15 is 0 Å². The van der Waals surface area contributed by atoms with E-state index in [0.717, 1.165) is 25.7 Å². The number of anilines is 3. The van der Waals surface area contributed by atoms with Gasteiger partial charge < -0.3 is 4.90 Å². The summed E-state index contributed by atoms with van der Waals surface area (Å²) in [5.41, 5.74) is 21.5. The Bertz CT molecular complexity index is 1760. The fourth-order valence-corrected chi connectivity index (χ4v) is 7.19. The molecule has 0 radical (unpaired) electrons. The van der Waals surface area contributed by atoms with Gasteiger partial charge in [-0.25, -0.2) is 0 Å². The molecular weight excluding hydrogens is 424 g/mol. The first-order valence-electron chi connectivity index (χ1n) is 12.6. The summed E-state index contributed by atoms with van der Waals surface area (Å²) < 4.78 is 0. The molecule has 3 heterocycles. The van der Waals surface area contributed by atoms with Gasteiger partial charge in [0.25, 0.3) is 0 Å². The maximum absolute atomic E-state index is 4.52. The predicted octanol–water partition coefficient (Wildman–Crippen LogP) is 7.50. The lowest BCUT2D eigenvalue weighted by atomic mass is 9.81. The number of nitrogens with zero attached hydrogens (tertiary/aromatic N) is 2. The highest BCUT2D eigenvalue weighted by Gasteiger charge is 2.38. The molecule has 2 aliphatic heterocycles. The number of hydrogen-bond acceptors (Lipinski definition) is 2. The fraction of sp³-hybridized carbons (Fsp3) is 0.121. The Kier molecular flexibility index (Phi) is 3.27. The molecule has 0 bridgehead atoms. The van der Waals surface area contributed by atoms with Gasteiger partial charge in [-0.1, -0.05) is 60.7 Å². The van der Waals surface area contributed by atoms with Gasteiger partial charge in [-0.2, -0.15) is 0 Å². The lowest BCUT2D eigenvalue weighted by Gasteiger charge is -2.41. The molecule has 0 spiro atoms. The summed E-state index contributed by atoms with van der Waals surface area (Å²) in [6.45, 7) is 0. The average Bonchev–Trinajstić information content (AvgIpc) is 3.47. The minimum atomic E-state index is 0.946. The minimum absolute atomic E-state index is 0.946. The zero-order chi connectivity index (χ0) is 22.7. The Labute approximate surface area is 204 Å². The van der Waals surface area contributed by atoms with E-state index in [1.165, 1.54) is 83.8 Å². The molecule has 0 fully saturated rings. The molecule has 4 aromatic carbocycles. The first-order chi connectivity index (χ1) is 17.3. The summed E-state index contributed by atoms with van der Waals surface area (Å²) in [7, 11) is 0. The number of fused-ring (bicyclic) bond motifs is 12. The third kappa shape index (κ3) is 2.23. The second-order valence-corrected chi connectivity index (χ2v) is 10.3. The highest BCUT2D eigenvalue weighted by molar-refractivity contribution is 5.97. The summed E-state index contributed by atoms with van der Waals surface area (Å²) in [4.78, 5) is 7.13. The fourth-order valence-electron chi connectivity index (χ4n) is 7.19. The maximum atomic E-state index is 4.52. The van der Waals surface area contributed by atoms with E-state index in [4.69, 9.17) is 0 Å². The van der Waals surface area contributed by atoms with Crippen molar-refractivity contribution in [1.82, 2.24) is 4.98 Å². The quantitative estimate of drug-likeness (QED) is 0.240. The highest BCUT2D eigenvalue weighted by atomic mass is 15.2.